The van der Waals surface area contributed by atoms with E-state index in [4.69, 9.17) is 9.72 Å². The Morgan fingerprint density at radius 1 is 1.20 bits per heavy atom. The third-order valence-electron chi connectivity index (χ3n) is 4.68. The van der Waals surface area contributed by atoms with Gasteiger partial charge in [0, 0.05) is 13.7 Å². The maximum Gasteiger partial charge on any atom is 0.169 e. The Morgan fingerprint density at radius 3 is 2.67 bits per heavy atom. The topological polar surface area (TPSA) is 84.0 Å². The highest BCUT2D eigenvalue weighted by Gasteiger charge is 2.22. The minimum atomic E-state index is -0.371. The first-order chi connectivity index (χ1) is 14.6. The third-order valence-corrected chi connectivity index (χ3v) is 6.83. The van der Waals surface area contributed by atoms with Crippen LogP contribution >= 0.6 is 23.1 Å². The monoisotopic (exact) mass is 436 g/mol. The maximum absolute atomic E-state index is 10.9. The smallest absolute Gasteiger partial charge is 0.169 e. The Kier molecular flexibility index (Phi) is 6.04. The summed E-state index contributed by atoms with van der Waals surface area (Å²) in [6.07, 6.45) is 0. The number of nitrogens with zero attached hydrogens (tertiary/aromatic N) is 4. The zero-order chi connectivity index (χ0) is 21.1. The van der Waals surface area contributed by atoms with Crippen LogP contribution in [-0.2, 0) is 11.3 Å². The molecule has 4 aromatic rings. The van der Waals surface area contributed by atoms with Crippen LogP contribution in [0.15, 0.2) is 59.4 Å². The van der Waals surface area contributed by atoms with Crippen molar-refractivity contribution in [2.24, 2.45) is 0 Å². The van der Waals surface area contributed by atoms with E-state index in [1.54, 1.807) is 7.11 Å². The molecule has 8 heteroatoms. The van der Waals surface area contributed by atoms with Gasteiger partial charge in [-0.05, 0) is 31.2 Å². The lowest BCUT2D eigenvalue weighted by Crippen LogP contribution is -2.09. The zero-order valence-electron chi connectivity index (χ0n) is 16.6. The van der Waals surface area contributed by atoms with Gasteiger partial charge in [0.1, 0.15) is 22.4 Å². The van der Waals surface area contributed by atoms with E-state index in [0.29, 0.717) is 18.2 Å². The van der Waals surface area contributed by atoms with E-state index >= 15 is 0 Å². The van der Waals surface area contributed by atoms with Gasteiger partial charge in [0.05, 0.1) is 33.1 Å². The number of thiazole rings is 1. The molecule has 2 aromatic heterocycles. The SMILES string of the molecule is COCCn1c(SC(C)/C(O)=C(\C#N)c2nc3ccccc3s2)nc2ccccc21. The fraction of sp³-hybridized carbons (Fsp3) is 0.227. The molecule has 152 valence electrons. The number of aromatic nitrogens is 3. The van der Waals surface area contributed by atoms with Gasteiger partial charge in [-0.1, -0.05) is 36.0 Å². The summed E-state index contributed by atoms with van der Waals surface area (Å²) in [5, 5.41) is 21.6. The highest BCUT2D eigenvalue weighted by molar-refractivity contribution is 8.00. The zero-order valence-corrected chi connectivity index (χ0v) is 18.2. The molecule has 4 rings (SSSR count). The van der Waals surface area contributed by atoms with Gasteiger partial charge in [0.25, 0.3) is 0 Å². The second-order valence-corrected chi connectivity index (χ2v) is 8.99. The highest BCUT2D eigenvalue weighted by atomic mass is 32.2. The van der Waals surface area contributed by atoms with E-state index in [-0.39, 0.29) is 16.6 Å². The Hall–Kier alpha value is -2.86. The number of allylic oxidation sites excluding steroid dienone is 1. The van der Waals surface area contributed by atoms with Crippen LogP contribution < -0.4 is 0 Å². The Bertz CT molecular complexity index is 1240. The molecule has 0 amide bonds. The molecule has 0 saturated heterocycles. The summed E-state index contributed by atoms with van der Waals surface area (Å²) in [5.74, 6) is 0.00639. The summed E-state index contributed by atoms with van der Waals surface area (Å²) in [7, 11) is 1.67. The first kappa shape index (κ1) is 20.4. The van der Waals surface area contributed by atoms with E-state index < -0.39 is 0 Å². The van der Waals surface area contributed by atoms with Crippen LogP contribution in [0.25, 0.3) is 26.8 Å². The van der Waals surface area contributed by atoms with Gasteiger partial charge in [-0.2, -0.15) is 5.26 Å². The van der Waals surface area contributed by atoms with Crippen LogP contribution in [0, 0.1) is 11.3 Å². The first-order valence-corrected chi connectivity index (χ1v) is 11.1. The molecule has 0 aliphatic carbocycles. The number of hydrogen-bond acceptors (Lipinski definition) is 7. The third kappa shape index (κ3) is 3.92. The molecule has 0 radical (unpaired) electrons. The second-order valence-electron chi connectivity index (χ2n) is 6.65. The number of benzene rings is 2. The van der Waals surface area contributed by atoms with E-state index in [2.05, 4.69) is 15.6 Å². The molecule has 2 heterocycles. The van der Waals surface area contributed by atoms with Gasteiger partial charge in [0.15, 0.2) is 5.16 Å². The van der Waals surface area contributed by atoms with E-state index in [1.807, 2.05) is 55.5 Å². The average molecular weight is 437 g/mol. The maximum atomic E-state index is 10.9. The van der Waals surface area contributed by atoms with Crippen molar-refractivity contribution in [2.45, 2.75) is 23.9 Å². The number of thioether (sulfide) groups is 1. The molecular formula is C22H20N4O2S2. The normalized spacial score (nSPS) is 13.4. The summed E-state index contributed by atoms with van der Waals surface area (Å²) < 4.78 is 8.31. The van der Waals surface area contributed by atoms with Crippen LogP contribution in [0.5, 0.6) is 0 Å². The predicted octanol–water partition coefficient (Wildman–Crippen LogP) is 5.27. The van der Waals surface area contributed by atoms with Crippen molar-refractivity contribution < 1.29 is 9.84 Å². The van der Waals surface area contributed by atoms with Crippen molar-refractivity contribution in [1.82, 2.24) is 14.5 Å². The molecule has 0 bridgehead atoms. The van der Waals surface area contributed by atoms with E-state index in [9.17, 15) is 10.4 Å². The number of ether oxygens (including phenoxy) is 1. The molecule has 6 nitrogen and oxygen atoms in total. The summed E-state index contributed by atoms with van der Waals surface area (Å²) in [4.78, 5) is 9.24. The molecule has 2 aromatic carbocycles. The summed E-state index contributed by atoms with van der Waals surface area (Å²) in [5.41, 5.74) is 2.92. The van der Waals surface area contributed by atoms with Gasteiger partial charge in [-0.3, -0.25) is 0 Å². The van der Waals surface area contributed by atoms with Gasteiger partial charge in [0.2, 0.25) is 0 Å². The number of aliphatic hydroxyl groups is 1. The van der Waals surface area contributed by atoms with Gasteiger partial charge < -0.3 is 14.4 Å². The van der Waals surface area contributed by atoms with Crippen molar-refractivity contribution in [3.63, 3.8) is 0 Å². The Labute approximate surface area is 182 Å². The lowest BCUT2D eigenvalue weighted by atomic mass is 10.2. The molecule has 1 N–H and O–H groups in total. The Morgan fingerprint density at radius 2 is 1.93 bits per heavy atom. The van der Waals surface area contributed by atoms with Gasteiger partial charge in [-0.15, -0.1) is 11.3 Å². The number of para-hydroxylation sites is 3. The fourth-order valence-electron chi connectivity index (χ4n) is 3.15. The molecule has 30 heavy (non-hydrogen) atoms. The number of nitriles is 1. The van der Waals surface area contributed by atoms with Crippen molar-refractivity contribution in [1.29, 1.82) is 5.26 Å². The minimum Gasteiger partial charge on any atom is -0.510 e. The predicted molar refractivity (Wildman–Crippen MR) is 122 cm³/mol. The van der Waals surface area contributed by atoms with Crippen molar-refractivity contribution in [3.8, 4) is 6.07 Å². The summed E-state index contributed by atoms with van der Waals surface area (Å²) >= 11 is 2.82. The molecule has 0 spiro atoms. The molecule has 0 saturated carbocycles. The molecule has 1 atom stereocenters. The number of aliphatic hydroxyl groups excluding tert-OH is 1. The van der Waals surface area contributed by atoms with Crippen LogP contribution in [-0.4, -0.2) is 38.6 Å². The molecule has 1 unspecified atom stereocenters. The molecule has 0 aliphatic rings. The van der Waals surface area contributed by atoms with Crippen LogP contribution in [0.2, 0.25) is 0 Å². The minimum absolute atomic E-state index is 0.00639. The summed E-state index contributed by atoms with van der Waals surface area (Å²) in [6, 6.07) is 17.7. The lowest BCUT2D eigenvalue weighted by molar-refractivity contribution is 0.186. The van der Waals surface area contributed by atoms with Crippen LogP contribution in [0.1, 0.15) is 11.9 Å². The molecule has 0 fully saturated rings. The number of rotatable bonds is 7. The van der Waals surface area contributed by atoms with Crippen molar-refractivity contribution in [2.75, 3.05) is 13.7 Å². The average Bonchev–Trinajstić information content (AvgIpc) is 3.33. The van der Waals surface area contributed by atoms with Crippen molar-refractivity contribution in [3.05, 3.63) is 59.3 Å². The van der Waals surface area contributed by atoms with E-state index in [0.717, 1.165) is 26.4 Å². The molecular weight excluding hydrogens is 416 g/mol. The molecule has 0 aliphatic heterocycles. The quantitative estimate of drug-likeness (QED) is 0.241. The number of hydrogen-bond donors (Lipinski definition) is 1. The number of imidazole rings is 1. The van der Waals surface area contributed by atoms with Crippen molar-refractivity contribution >= 4 is 49.9 Å². The van der Waals surface area contributed by atoms with Crippen LogP contribution in [0.4, 0.5) is 0 Å². The number of methoxy groups -OCH3 is 1. The summed E-state index contributed by atoms with van der Waals surface area (Å²) in [6.45, 7) is 3.07. The number of fused-ring (bicyclic) bond motifs is 2. The largest absolute Gasteiger partial charge is 0.510 e. The second kappa shape index (κ2) is 8.88. The standard InChI is InChI=1S/C22H20N4O2S2/c1-14(20(27)15(13-23)21-24-17-8-4-6-10-19(17)30-21)29-22-25-16-7-3-5-9-18(16)26(22)11-12-28-2/h3-10,14,27H,11-12H2,1-2H3/b20-15-. The fourth-order valence-corrected chi connectivity index (χ4v) is 5.14. The highest BCUT2D eigenvalue weighted by Crippen LogP contribution is 2.34. The van der Waals surface area contributed by atoms with Gasteiger partial charge in [-0.25, -0.2) is 9.97 Å². The van der Waals surface area contributed by atoms with E-state index in [1.165, 1.54) is 23.1 Å². The first-order valence-electron chi connectivity index (χ1n) is 9.42. The van der Waals surface area contributed by atoms with Gasteiger partial charge >= 0.3 is 0 Å². The lowest BCUT2D eigenvalue weighted by Gasteiger charge is -2.13. The Balaban J connectivity index is 1.68. The van der Waals surface area contributed by atoms with Crippen LogP contribution in [0.3, 0.4) is 0 Å².